The summed E-state index contributed by atoms with van der Waals surface area (Å²) in [5, 5.41) is 0. The third-order valence-corrected chi connectivity index (χ3v) is 4.15. The first-order valence-corrected chi connectivity index (χ1v) is 8.07. The second-order valence-electron chi connectivity index (χ2n) is 4.83. The second-order valence-corrected chi connectivity index (χ2v) is 6.07. The zero-order valence-corrected chi connectivity index (χ0v) is 13.8. The van der Waals surface area contributed by atoms with Gasteiger partial charge in [-0.05, 0) is 26.0 Å². The van der Waals surface area contributed by atoms with E-state index in [-0.39, 0.29) is 18.6 Å². The number of methoxy groups -OCH3 is 1. The number of Topliss-reactive ketones (excluding diaryl/α,β-unsaturated/α-hetero) is 1. The van der Waals surface area contributed by atoms with Crippen LogP contribution in [-0.2, 0) is 25.7 Å². The average Bonchev–Trinajstić information content (AvgIpc) is 2.47. The van der Waals surface area contributed by atoms with Gasteiger partial charge < -0.3 is 9.29 Å². The molecule has 1 aromatic carbocycles. The van der Waals surface area contributed by atoms with Gasteiger partial charge in [-0.1, -0.05) is 29.8 Å². The minimum atomic E-state index is -1.42. The molecular weight excluding hydrogens is 302 g/mol. The van der Waals surface area contributed by atoms with Crippen LogP contribution in [0.1, 0.15) is 25.3 Å². The van der Waals surface area contributed by atoms with Crippen molar-refractivity contribution in [2.75, 3.05) is 7.11 Å². The van der Waals surface area contributed by atoms with Crippen LogP contribution in [0.2, 0.25) is 0 Å². The van der Waals surface area contributed by atoms with Crippen LogP contribution in [0, 0.1) is 6.92 Å². The summed E-state index contributed by atoms with van der Waals surface area (Å²) >= 11 is -1.42. The molecule has 120 valence electrons. The van der Waals surface area contributed by atoms with E-state index in [9.17, 15) is 14.1 Å². The van der Waals surface area contributed by atoms with E-state index in [0.29, 0.717) is 4.90 Å². The van der Waals surface area contributed by atoms with E-state index in [2.05, 4.69) is 9.46 Å². The van der Waals surface area contributed by atoms with Gasteiger partial charge in [0.15, 0.2) is 4.90 Å². The number of allylic oxidation sites excluding steroid dienone is 1. The zero-order valence-electron chi connectivity index (χ0n) is 13.0. The summed E-state index contributed by atoms with van der Waals surface area (Å²) in [5.74, 6) is -0.827. The maximum absolute atomic E-state index is 12.3. The van der Waals surface area contributed by atoms with Crippen molar-refractivity contribution in [2.24, 2.45) is 0 Å². The van der Waals surface area contributed by atoms with E-state index in [1.165, 1.54) is 7.11 Å². The summed E-state index contributed by atoms with van der Waals surface area (Å²) < 4.78 is 19.6. The molecule has 0 aliphatic heterocycles. The average molecular weight is 323 g/mol. The summed E-state index contributed by atoms with van der Waals surface area (Å²) in [5.41, 5.74) is 1.08. The van der Waals surface area contributed by atoms with Crippen LogP contribution in [0.15, 0.2) is 41.3 Å². The molecule has 0 radical (unpaired) electrons. The maximum atomic E-state index is 12.3. The molecule has 0 aromatic heterocycles. The van der Waals surface area contributed by atoms with Gasteiger partial charge in [0.1, 0.15) is 12.2 Å². The lowest BCUT2D eigenvalue weighted by atomic mass is 10.1. The van der Waals surface area contributed by atoms with E-state index < -0.39 is 23.4 Å². The number of benzene rings is 1. The number of ether oxygens (including phenoxy) is 1. The topological polar surface area (TPSA) is 78.5 Å². The first-order chi connectivity index (χ1) is 10.5. The molecule has 0 fully saturated rings. The Bertz CT molecular complexity index is 527. The highest BCUT2D eigenvalue weighted by Gasteiger charge is 2.20. The Hall–Kier alpha value is -1.63. The molecule has 1 aromatic rings. The Kier molecular flexibility index (Phi) is 7.87. The number of carbonyl (C=O) groups is 2. The lowest BCUT2D eigenvalue weighted by molar-refractivity contribution is -0.143. The van der Waals surface area contributed by atoms with Gasteiger partial charge in [0.2, 0.25) is 0 Å². The first kappa shape index (κ1) is 18.4. The fraction of sp³-hybridized carbons (Fsp3) is 0.375. The molecule has 0 heterocycles. The van der Waals surface area contributed by atoms with Crippen molar-refractivity contribution in [3.63, 3.8) is 0 Å². The molecule has 0 saturated heterocycles. The Morgan fingerprint density at radius 2 is 2.00 bits per heavy atom. The van der Waals surface area contributed by atoms with Crippen molar-refractivity contribution in [3.05, 3.63) is 42.0 Å². The third-order valence-electron chi connectivity index (χ3n) is 2.93. The van der Waals surface area contributed by atoms with E-state index >= 15 is 0 Å². The highest BCUT2D eigenvalue weighted by Crippen LogP contribution is 2.12. The van der Waals surface area contributed by atoms with Gasteiger partial charge in [-0.15, -0.1) is 4.72 Å². The van der Waals surface area contributed by atoms with Gasteiger partial charge in [0.05, 0.1) is 24.5 Å². The third kappa shape index (κ3) is 6.43. The minimum absolute atomic E-state index is 0.0804. The lowest BCUT2D eigenvalue weighted by Crippen LogP contribution is -2.35. The van der Waals surface area contributed by atoms with E-state index in [1.807, 2.05) is 26.0 Å². The van der Waals surface area contributed by atoms with Crippen molar-refractivity contribution in [3.8, 4) is 0 Å². The Morgan fingerprint density at radius 3 is 2.55 bits per heavy atom. The molecule has 0 aliphatic rings. The largest absolute Gasteiger partial charge is 0.593 e. The molecule has 0 spiro atoms. The fourth-order valence-corrected chi connectivity index (χ4v) is 2.76. The number of hydrogen-bond acceptors (Lipinski definition) is 5. The summed E-state index contributed by atoms with van der Waals surface area (Å²) in [6.07, 6.45) is 3.33. The number of hydrogen-bond donors (Lipinski definition) is 1. The van der Waals surface area contributed by atoms with Crippen LogP contribution < -0.4 is 4.72 Å². The van der Waals surface area contributed by atoms with Crippen molar-refractivity contribution >= 4 is 23.1 Å². The Balaban J connectivity index is 2.65. The smallest absolute Gasteiger partial charge is 0.313 e. The molecule has 0 saturated carbocycles. The van der Waals surface area contributed by atoms with E-state index in [1.54, 1.807) is 24.3 Å². The van der Waals surface area contributed by atoms with Crippen LogP contribution in [0.3, 0.4) is 0 Å². The van der Waals surface area contributed by atoms with Gasteiger partial charge in [-0.25, -0.2) is 0 Å². The van der Waals surface area contributed by atoms with Crippen molar-refractivity contribution in [1.82, 2.24) is 4.72 Å². The molecule has 6 heteroatoms. The van der Waals surface area contributed by atoms with E-state index in [4.69, 9.17) is 0 Å². The highest BCUT2D eigenvalue weighted by molar-refractivity contribution is 7.89. The van der Waals surface area contributed by atoms with Gasteiger partial charge >= 0.3 is 5.97 Å². The summed E-state index contributed by atoms with van der Waals surface area (Å²) in [6, 6.07) is 6.91. The standard InChI is InChI=1S/C16H21NO4S/c1-4-5-13(10-14(18)11-16(19)21-3)17-22(20)15-8-6-12(2)7-9-15/h4-9,13,17H,10-11H2,1-3H3/b5-4+/t13-,22?/m0/s1. The van der Waals surface area contributed by atoms with Crippen molar-refractivity contribution in [2.45, 2.75) is 37.6 Å². The second kappa shape index (κ2) is 9.40. The first-order valence-electron chi connectivity index (χ1n) is 6.92. The molecule has 5 nitrogen and oxygen atoms in total. The van der Waals surface area contributed by atoms with Crippen LogP contribution in [0.25, 0.3) is 0 Å². The fourth-order valence-electron chi connectivity index (χ4n) is 1.80. The Labute approximate surface area is 134 Å². The minimum Gasteiger partial charge on any atom is -0.593 e. The van der Waals surface area contributed by atoms with Crippen molar-refractivity contribution < 1.29 is 18.9 Å². The molecule has 1 rings (SSSR count). The maximum Gasteiger partial charge on any atom is 0.313 e. The van der Waals surface area contributed by atoms with Gasteiger partial charge in [-0.3, -0.25) is 9.59 Å². The molecule has 0 amide bonds. The normalized spacial score (nSPS) is 13.8. The molecule has 0 aliphatic carbocycles. The van der Waals surface area contributed by atoms with Crippen LogP contribution in [0.5, 0.6) is 0 Å². The number of nitrogens with one attached hydrogen (secondary N) is 1. The molecule has 1 N–H and O–H groups in total. The molecular formula is C16H21NO4S. The molecule has 22 heavy (non-hydrogen) atoms. The SMILES string of the molecule is C/C=C/[C@@H](CC(=O)CC(=O)OC)N[S+]([O-])c1ccc(C)cc1. The van der Waals surface area contributed by atoms with Crippen molar-refractivity contribution in [1.29, 1.82) is 0 Å². The number of carbonyl (C=O) groups excluding carboxylic acids is 2. The molecule has 0 bridgehead atoms. The van der Waals surface area contributed by atoms with Crippen LogP contribution in [0.4, 0.5) is 0 Å². The summed E-state index contributed by atoms with van der Waals surface area (Å²) in [4.78, 5) is 23.5. The quantitative estimate of drug-likeness (QED) is 0.343. The van der Waals surface area contributed by atoms with Gasteiger partial charge in [-0.2, -0.15) is 0 Å². The molecule has 1 unspecified atom stereocenters. The summed E-state index contributed by atoms with van der Waals surface area (Å²) in [7, 11) is 1.24. The van der Waals surface area contributed by atoms with E-state index in [0.717, 1.165) is 5.56 Å². The van der Waals surface area contributed by atoms with Crippen LogP contribution >= 0.6 is 0 Å². The molecule has 2 atom stereocenters. The van der Waals surface area contributed by atoms with Crippen LogP contribution in [-0.4, -0.2) is 29.5 Å². The number of ketones is 1. The number of esters is 1. The highest BCUT2D eigenvalue weighted by atomic mass is 32.2. The monoisotopic (exact) mass is 323 g/mol. The van der Waals surface area contributed by atoms with Gasteiger partial charge in [0.25, 0.3) is 0 Å². The Morgan fingerprint density at radius 1 is 1.36 bits per heavy atom. The predicted octanol–water partition coefficient (Wildman–Crippen LogP) is 2.07. The zero-order chi connectivity index (χ0) is 16.5. The predicted molar refractivity (Wildman–Crippen MR) is 85.6 cm³/mol. The number of aryl methyl sites for hydroxylation is 1. The summed E-state index contributed by atoms with van der Waals surface area (Å²) in [6.45, 7) is 3.77. The number of rotatable bonds is 8. The van der Waals surface area contributed by atoms with Gasteiger partial charge in [0, 0.05) is 6.42 Å². The lowest BCUT2D eigenvalue weighted by Gasteiger charge is -2.16.